The molecule has 1 atom stereocenters. The van der Waals surface area contributed by atoms with Crippen LogP contribution in [0.5, 0.6) is 0 Å². The fraction of sp³-hybridized carbons (Fsp3) is 0.500. The molecular weight excluding hydrogens is 263 g/mol. The second kappa shape index (κ2) is 7.24. The summed E-state index contributed by atoms with van der Waals surface area (Å²) in [5.74, 6) is 0.288. The molecule has 0 aliphatic rings. The normalized spacial score (nSPS) is 11.7. The predicted molar refractivity (Wildman–Crippen MR) is 56.0 cm³/mol. The molecule has 3 heteroatoms. The van der Waals surface area contributed by atoms with Crippen LogP contribution in [0.3, 0.4) is 0 Å². The third kappa shape index (κ3) is 3.77. The summed E-state index contributed by atoms with van der Waals surface area (Å²) >= 11 is 0. The number of pyridine rings is 1. The third-order valence-electron chi connectivity index (χ3n) is 2.57. The van der Waals surface area contributed by atoms with E-state index in [2.05, 4.69) is 17.6 Å². The van der Waals surface area contributed by atoms with Crippen molar-refractivity contribution in [3.63, 3.8) is 0 Å². The van der Waals surface area contributed by atoms with Crippen molar-refractivity contribution in [3.8, 4) is 0 Å². The van der Waals surface area contributed by atoms with Crippen molar-refractivity contribution in [1.29, 1.82) is 0 Å². The van der Waals surface area contributed by atoms with E-state index in [9.17, 15) is 4.79 Å². The molecule has 1 radical (unpaired) electrons. The zero-order chi connectivity index (χ0) is 10.6. The first-order chi connectivity index (χ1) is 6.70. The number of aryl methyl sites for hydroxylation is 1. The number of carbonyl (C=O) groups excluding carboxylic acids is 1. The van der Waals surface area contributed by atoms with E-state index in [1.807, 2.05) is 32.2 Å². The average molecular weight is 281 g/mol. The van der Waals surface area contributed by atoms with Gasteiger partial charge in [0.05, 0.1) is 0 Å². The molecule has 0 aromatic carbocycles. The average Bonchev–Trinajstić information content (AvgIpc) is 2.26. The smallest absolute Gasteiger partial charge is 0.213 e. The molecule has 0 saturated carbocycles. The van der Waals surface area contributed by atoms with Gasteiger partial charge in [-0.05, 0) is 0 Å². The molecule has 0 spiro atoms. The van der Waals surface area contributed by atoms with Gasteiger partial charge in [0.25, 0.3) is 0 Å². The fourth-order valence-electron chi connectivity index (χ4n) is 1.62. The molecule has 1 unspecified atom stereocenters. The van der Waals surface area contributed by atoms with Gasteiger partial charge in [0.2, 0.25) is 6.04 Å². The van der Waals surface area contributed by atoms with Crippen LogP contribution in [0.15, 0.2) is 24.4 Å². The standard InChI is InChI=1S/C12H18NO.Y/c1-4-11-8-6-7-9-13(11)10(3)12(14)5-2;/h6-10H,4-5H2,1-3H3;/q+1;. The van der Waals surface area contributed by atoms with Crippen LogP contribution in [-0.2, 0) is 43.9 Å². The van der Waals surface area contributed by atoms with Crippen LogP contribution in [-0.4, -0.2) is 5.78 Å². The Morgan fingerprint density at radius 2 is 2.07 bits per heavy atom. The van der Waals surface area contributed by atoms with Crippen molar-refractivity contribution in [3.05, 3.63) is 30.1 Å². The first-order valence-corrected chi connectivity index (χ1v) is 5.22. The monoisotopic (exact) mass is 281 g/mol. The van der Waals surface area contributed by atoms with Crippen molar-refractivity contribution < 1.29 is 42.1 Å². The maximum absolute atomic E-state index is 11.6. The van der Waals surface area contributed by atoms with Gasteiger partial charge < -0.3 is 0 Å². The van der Waals surface area contributed by atoms with E-state index in [1.165, 1.54) is 5.69 Å². The van der Waals surface area contributed by atoms with E-state index >= 15 is 0 Å². The molecular formula is C12H18NOY+. The quantitative estimate of drug-likeness (QED) is 0.774. The topological polar surface area (TPSA) is 20.9 Å². The molecule has 0 bridgehead atoms. The van der Waals surface area contributed by atoms with E-state index in [0.29, 0.717) is 6.42 Å². The molecule has 2 nitrogen and oxygen atoms in total. The zero-order valence-corrected chi connectivity index (χ0v) is 12.6. The van der Waals surface area contributed by atoms with Crippen molar-refractivity contribution in [2.75, 3.05) is 0 Å². The van der Waals surface area contributed by atoms with Crippen molar-refractivity contribution in [2.24, 2.45) is 0 Å². The minimum Gasteiger partial charge on any atom is -0.292 e. The van der Waals surface area contributed by atoms with Crippen molar-refractivity contribution in [1.82, 2.24) is 0 Å². The first-order valence-electron chi connectivity index (χ1n) is 5.22. The molecule has 1 aromatic heterocycles. The van der Waals surface area contributed by atoms with E-state index in [0.717, 1.165) is 6.42 Å². The SMILES string of the molecule is CCC(=O)C(C)[n+]1ccccc1CC.[Y]. The summed E-state index contributed by atoms with van der Waals surface area (Å²) in [5.41, 5.74) is 1.21. The van der Waals surface area contributed by atoms with Crippen LogP contribution in [0.25, 0.3) is 0 Å². The van der Waals surface area contributed by atoms with E-state index in [-0.39, 0.29) is 44.5 Å². The van der Waals surface area contributed by atoms with Crippen LogP contribution in [0.1, 0.15) is 38.9 Å². The van der Waals surface area contributed by atoms with Gasteiger partial charge in [-0.3, -0.25) is 4.79 Å². The molecule has 79 valence electrons. The molecule has 0 aliphatic carbocycles. The molecule has 0 saturated heterocycles. The molecule has 0 N–H and O–H groups in total. The second-order valence-corrected chi connectivity index (χ2v) is 3.45. The van der Waals surface area contributed by atoms with Gasteiger partial charge in [0, 0.05) is 64.6 Å². The van der Waals surface area contributed by atoms with Gasteiger partial charge in [-0.15, -0.1) is 0 Å². The summed E-state index contributed by atoms with van der Waals surface area (Å²) in [7, 11) is 0. The Bertz CT molecular complexity index is 325. The summed E-state index contributed by atoms with van der Waals surface area (Å²) in [6, 6.07) is 6.02. The third-order valence-corrected chi connectivity index (χ3v) is 2.57. The van der Waals surface area contributed by atoms with Gasteiger partial charge in [-0.25, -0.2) is 0 Å². The Morgan fingerprint density at radius 1 is 1.40 bits per heavy atom. The van der Waals surface area contributed by atoms with Gasteiger partial charge >= 0.3 is 0 Å². The van der Waals surface area contributed by atoms with Crippen LogP contribution in [0.4, 0.5) is 0 Å². The van der Waals surface area contributed by atoms with Gasteiger partial charge in [0.15, 0.2) is 17.7 Å². The van der Waals surface area contributed by atoms with E-state index in [1.54, 1.807) is 0 Å². The summed E-state index contributed by atoms with van der Waals surface area (Å²) < 4.78 is 2.06. The van der Waals surface area contributed by atoms with E-state index < -0.39 is 0 Å². The Labute approximate surface area is 117 Å². The number of Topliss-reactive ketones (excluding diaryl/α,β-unsaturated/α-hetero) is 1. The molecule has 1 rings (SSSR count). The Kier molecular flexibility index (Phi) is 7.20. The maximum atomic E-state index is 11.6. The largest absolute Gasteiger partial charge is 0.292 e. The van der Waals surface area contributed by atoms with Crippen molar-refractivity contribution in [2.45, 2.75) is 39.7 Å². The molecule has 0 aliphatic heterocycles. The first kappa shape index (κ1) is 14.9. The molecule has 0 amide bonds. The number of carbonyl (C=O) groups is 1. The van der Waals surface area contributed by atoms with Gasteiger partial charge in [-0.2, -0.15) is 4.57 Å². The number of ketones is 1. The summed E-state index contributed by atoms with van der Waals surface area (Å²) in [6.07, 6.45) is 3.55. The second-order valence-electron chi connectivity index (χ2n) is 3.45. The number of hydrogen-bond acceptors (Lipinski definition) is 1. The fourth-order valence-corrected chi connectivity index (χ4v) is 1.62. The van der Waals surface area contributed by atoms with Gasteiger partial charge in [-0.1, -0.05) is 19.9 Å². The molecule has 1 heterocycles. The minimum atomic E-state index is -0.0313. The predicted octanol–water partition coefficient (Wildman–Crippen LogP) is 2.07. The van der Waals surface area contributed by atoms with Crippen LogP contribution >= 0.6 is 0 Å². The van der Waals surface area contributed by atoms with Crippen LogP contribution in [0.2, 0.25) is 0 Å². The number of hydrogen-bond donors (Lipinski definition) is 0. The molecule has 0 fully saturated rings. The minimum absolute atomic E-state index is 0. The zero-order valence-electron chi connectivity index (χ0n) is 9.73. The molecule has 1 aromatic rings. The summed E-state index contributed by atoms with van der Waals surface area (Å²) in [6.45, 7) is 5.98. The van der Waals surface area contributed by atoms with Gasteiger partial charge in [0.1, 0.15) is 0 Å². The van der Waals surface area contributed by atoms with Crippen LogP contribution in [0, 0.1) is 0 Å². The number of nitrogens with zero attached hydrogens (tertiary/aromatic N) is 1. The maximum Gasteiger partial charge on any atom is 0.213 e. The van der Waals surface area contributed by atoms with E-state index in [4.69, 9.17) is 0 Å². The van der Waals surface area contributed by atoms with Crippen molar-refractivity contribution >= 4 is 5.78 Å². The number of aromatic nitrogens is 1. The Morgan fingerprint density at radius 3 is 2.60 bits per heavy atom. The Hall–Kier alpha value is -0.0761. The summed E-state index contributed by atoms with van der Waals surface area (Å²) in [4.78, 5) is 11.6. The van der Waals surface area contributed by atoms with Crippen LogP contribution < -0.4 is 4.57 Å². The summed E-state index contributed by atoms with van der Waals surface area (Å²) in [5, 5.41) is 0. The Balaban J connectivity index is 0.00000196. The number of rotatable bonds is 4. The molecule has 15 heavy (non-hydrogen) atoms.